The topological polar surface area (TPSA) is 50.8 Å². The summed E-state index contributed by atoms with van der Waals surface area (Å²) < 4.78 is 11.3. The summed E-state index contributed by atoms with van der Waals surface area (Å²) in [6, 6.07) is 12.3. The van der Waals surface area contributed by atoms with Crippen molar-refractivity contribution in [3.63, 3.8) is 0 Å². The number of methoxy groups -OCH3 is 2. The van der Waals surface area contributed by atoms with Crippen LogP contribution in [0.1, 0.15) is 43.7 Å². The van der Waals surface area contributed by atoms with Crippen molar-refractivity contribution in [3.8, 4) is 11.5 Å². The zero-order valence-electron chi connectivity index (χ0n) is 18.6. The van der Waals surface area contributed by atoms with Crippen LogP contribution >= 0.6 is 0 Å². The Morgan fingerprint density at radius 1 is 1.03 bits per heavy atom. The fourth-order valence-corrected chi connectivity index (χ4v) is 4.68. The van der Waals surface area contributed by atoms with Gasteiger partial charge in [-0.1, -0.05) is 26.0 Å². The molecule has 158 valence electrons. The highest BCUT2D eigenvalue weighted by atomic mass is 16.5. The Kier molecular flexibility index (Phi) is 5.00. The Morgan fingerprint density at radius 2 is 1.73 bits per heavy atom. The summed E-state index contributed by atoms with van der Waals surface area (Å²) in [5.41, 5.74) is 5.96. The lowest BCUT2D eigenvalue weighted by Crippen LogP contribution is -2.34. The zero-order valence-corrected chi connectivity index (χ0v) is 18.6. The lowest BCUT2D eigenvalue weighted by Gasteiger charge is -2.40. The zero-order chi connectivity index (χ0) is 21.6. The molecular formula is C25H30N2O3. The second-order valence-electron chi connectivity index (χ2n) is 9.17. The first-order valence-electron chi connectivity index (χ1n) is 10.3. The number of Topliss-reactive ketones (excluding diaryl/α,β-unsaturated/α-hetero) is 1. The van der Waals surface area contributed by atoms with Crippen molar-refractivity contribution in [2.45, 2.75) is 32.6 Å². The van der Waals surface area contributed by atoms with Crippen LogP contribution in [0.3, 0.4) is 0 Å². The number of anilines is 2. The number of nitrogens with one attached hydrogen (secondary N) is 1. The van der Waals surface area contributed by atoms with E-state index in [2.05, 4.69) is 48.3 Å². The van der Waals surface area contributed by atoms with Gasteiger partial charge < -0.3 is 19.7 Å². The van der Waals surface area contributed by atoms with Crippen LogP contribution in [0.4, 0.5) is 11.4 Å². The number of carbonyl (C=O) groups is 1. The van der Waals surface area contributed by atoms with Crippen molar-refractivity contribution in [1.29, 1.82) is 0 Å². The average Bonchev–Trinajstić information content (AvgIpc) is 2.70. The van der Waals surface area contributed by atoms with E-state index in [9.17, 15) is 4.79 Å². The maximum Gasteiger partial charge on any atom is 0.162 e. The van der Waals surface area contributed by atoms with Crippen molar-refractivity contribution in [2.75, 3.05) is 38.5 Å². The Morgan fingerprint density at radius 3 is 2.33 bits per heavy atom. The second kappa shape index (κ2) is 7.38. The number of nitrogens with zero attached hydrogens (tertiary/aromatic N) is 1. The summed E-state index contributed by atoms with van der Waals surface area (Å²) in [4.78, 5) is 15.4. The molecule has 30 heavy (non-hydrogen) atoms. The minimum Gasteiger partial charge on any atom is -0.497 e. The lowest BCUT2D eigenvalue weighted by atomic mass is 9.68. The highest BCUT2D eigenvalue weighted by molar-refractivity contribution is 6.02. The Bertz CT molecular complexity index is 1020. The smallest absolute Gasteiger partial charge is 0.162 e. The molecule has 2 aliphatic rings. The van der Waals surface area contributed by atoms with Crippen molar-refractivity contribution in [2.24, 2.45) is 5.41 Å². The second-order valence-corrected chi connectivity index (χ2v) is 9.17. The molecule has 2 aromatic rings. The van der Waals surface area contributed by atoms with Gasteiger partial charge in [-0.15, -0.1) is 0 Å². The third-order valence-electron chi connectivity index (χ3n) is 6.10. The minimum absolute atomic E-state index is 0.0668. The van der Waals surface area contributed by atoms with Gasteiger partial charge in [0.1, 0.15) is 11.5 Å². The number of ketones is 1. The molecule has 2 aromatic carbocycles. The van der Waals surface area contributed by atoms with Gasteiger partial charge in [-0.25, -0.2) is 0 Å². The summed E-state index contributed by atoms with van der Waals surface area (Å²) in [5.74, 6) is 1.49. The van der Waals surface area contributed by atoms with E-state index in [1.165, 1.54) is 0 Å². The molecule has 0 saturated carbocycles. The number of ether oxygens (including phenoxy) is 2. The number of fused-ring (bicyclic) bond motifs is 1. The Hall–Kier alpha value is -2.95. The van der Waals surface area contributed by atoms with Crippen LogP contribution in [0, 0.1) is 5.41 Å². The van der Waals surface area contributed by atoms with Crippen molar-refractivity contribution >= 4 is 17.2 Å². The van der Waals surface area contributed by atoms with Crippen LogP contribution in [-0.2, 0) is 4.79 Å². The number of carbonyl (C=O) groups excluding carboxylic acids is 1. The third kappa shape index (κ3) is 3.42. The summed E-state index contributed by atoms with van der Waals surface area (Å²) in [6.45, 7) is 4.30. The van der Waals surface area contributed by atoms with Crippen LogP contribution in [0.5, 0.6) is 11.5 Å². The molecule has 0 amide bonds. The quantitative estimate of drug-likeness (QED) is 0.777. The number of hydrogen-bond donors (Lipinski definition) is 1. The molecule has 1 aliphatic heterocycles. The third-order valence-corrected chi connectivity index (χ3v) is 6.10. The van der Waals surface area contributed by atoms with E-state index in [1.807, 2.05) is 26.2 Å². The van der Waals surface area contributed by atoms with Gasteiger partial charge in [-0.3, -0.25) is 4.79 Å². The SMILES string of the molecule is COc1cc2c(c(OC)c1)[C@H](c1ccc(N(C)C)cc1)C1=C(CC(C)(C)CC1=O)N2. The maximum atomic E-state index is 13.4. The number of rotatable bonds is 4. The van der Waals surface area contributed by atoms with Crippen molar-refractivity contribution < 1.29 is 14.3 Å². The summed E-state index contributed by atoms with van der Waals surface area (Å²) in [7, 11) is 7.37. The number of benzene rings is 2. The lowest BCUT2D eigenvalue weighted by molar-refractivity contribution is -0.118. The molecule has 5 nitrogen and oxygen atoms in total. The van der Waals surface area contributed by atoms with Gasteiger partial charge in [0.25, 0.3) is 0 Å². The van der Waals surface area contributed by atoms with Gasteiger partial charge in [-0.2, -0.15) is 0 Å². The van der Waals surface area contributed by atoms with Crippen molar-refractivity contribution in [3.05, 3.63) is 58.8 Å². The largest absolute Gasteiger partial charge is 0.497 e. The molecule has 0 fully saturated rings. The predicted molar refractivity (Wildman–Crippen MR) is 121 cm³/mol. The van der Waals surface area contributed by atoms with E-state index in [0.717, 1.165) is 51.7 Å². The summed E-state index contributed by atoms with van der Waals surface area (Å²) in [6.07, 6.45) is 1.38. The molecule has 0 bridgehead atoms. The molecule has 1 N–H and O–H groups in total. The number of hydrogen-bond acceptors (Lipinski definition) is 5. The average molecular weight is 407 g/mol. The molecule has 4 rings (SSSR count). The minimum atomic E-state index is -0.170. The maximum absolute atomic E-state index is 13.4. The van der Waals surface area contributed by atoms with Gasteiger partial charge in [0.15, 0.2) is 5.78 Å². The predicted octanol–water partition coefficient (Wildman–Crippen LogP) is 4.97. The fraction of sp³-hybridized carbons (Fsp3) is 0.400. The molecule has 0 radical (unpaired) electrons. The Balaban J connectivity index is 1.94. The standard InChI is InChI=1S/C25H30N2O3/c1-25(2)13-19-23(20(28)14-25)22(15-7-9-16(10-8-15)27(3)4)24-18(26-19)11-17(29-5)12-21(24)30-6/h7-12,22,26H,13-14H2,1-6H3/t22-/m1/s1. The fourth-order valence-electron chi connectivity index (χ4n) is 4.68. The first kappa shape index (κ1) is 20.3. The molecule has 0 unspecified atom stereocenters. The molecule has 1 heterocycles. The highest BCUT2D eigenvalue weighted by Gasteiger charge is 2.42. The summed E-state index contributed by atoms with van der Waals surface area (Å²) in [5, 5.41) is 3.55. The normalized spacial score (nSPS) is 19.5. The molecule has 0 saturated heterocycles. The van der Waals surface area contributed by atoms with Gasteiger partial charge in [-0.05, 0) is 29.5 Å². The molecule has 0 aromatic heterocycles. The van der Waals surface area contributed by atoms with E-state index in [4.69, 9.17) is 9.47 Å². The molecular weight excluding hydrogens is 376 g/mol. The van der Waals surface area contributed by atoms with Crippen LogP contribution in [0.2, 0.25) is 0 Å². The van der Waals surface area contributed by atoms with Crippen LogP contribution in [-0.4, -0.2) is 34.1 Å². The van der Waals surface area contributed by atoms with Crippen LogP contribution in [0.15, 0.2) is 47.7 Å². The van der Waals surface area contributed by atoms with Gasteiger partial charge in [0, 0.05) is 66.8 Å². The first-order valence-corrected chi connectivity index (χ1v) is 10.3. The van der Waals surface area contributed by atoms with E-state index in [1.54, 1.807) is 14.2 Å². The van der Waals surface area contributed by atoms with E-state index < -0.39 is 0 Å². The monoisotopic (exact) mass is 406 g/mol. The van der Waals surface area contributed by atoms with Crippen LogP contribution in [0.25, 0.3) is 0 Å². The molecule has 1 aliphatic carbocycles. The van der Waals surface area contributed by atoms with E-state index >= 15 is 0 Å². The van der Waals surface area contributed by atoms with Crippen LogP contribution < -0.4 is 19.7 Å². The number of allylic oxidation sites excluding steroid dienone is 2. The van der Waals surface area contributed by atoms with Gasteiger partial charge in [0.05, 0.1) is 14.2 Å². The Labute approximate surface area is 178 Å². The molecule has 0 spiro atoms. The highest BCUT2D eigenvalue weighted by Crippen LogP contribution is 2.52. The van der Waals surface area contributed by atoms with E-state index in [-0.39, 0.29) is 17.1 Å². The first-order chi connectivity index (χ1) is 14.2. The summed E-state index contributed by atoms with van der Waals surface area (Å²) >= 11 is 0. The van der Waals surface area contributed by atoms with Gasteiger partial charge in [0.2, 0.25) is 0 Å². The molecule has 5 heteroatoms. The molecule has 1 atom stereocenters. The van der Waals surface area contributed by atoms with Gasteiger partial charge >= 0.3 is 0 Å². The van der Waals surface area contributed by atoms with Crippen molar-refractivity contribution in [1.82, 2.24) is 0 Å². The van der Waals surface area contributed by atoms with E-state index in [0.29, 0.717) is 6.42 Å².